The van der Waals surface area contributed by atoms with Crippen molar-refractivity contribution in [1.29, 1.82) is 0 Å². The van der Waals surface area contributed by atoms with Crippen molar-refractivity contribution in [3.8, 4) is 0 Å². The maximum atomic E-state index is 10.3. The number of rotatable bonds is 2. The Bertz CT molecular complexity index is 271. The van der Waals surface area contributed by atoms with E-state index in [4.69, 9.17) is 0 Å². The van der Waals surface area contributed by atoms with Crippen molar-refractivity contribution in [3.05, 3.63) is 0 Å². The van der Waals surface area contributed by atoms with E-state index in [0.29, 0.717) is 11.5 Å². The normalized spacial score (nSPS) is 39.2. The largest absolute Gasteiger partial charge is 0.391 e. The lowest BCUT2D eigenvalue weighted by Gasteiger charge is -2.39. The van der Waals surface area contributed by atoms with Crippen LogP contribution in [0.2, 0.25) is 0 Å². The quantitative estimate of drug-likeness (QED) is 0.816. The standard InChI is InChI=1S/C16H31NO/c1-5-12-6-7-15(18)14(10-12)17-9-8-13(11-17)16(2,3)4/h12-15,18H,5-11H2,1-4H3. The first kappa shape index (κ1) is 14.3. The Kier molecular flexibility index (Phi) is 4.38. The molecule has 1 saturated heterocycles. The number of likely N-dealkylation sites (tertiary alicyclic amines) is 1. The lowest BCUT2D eigenvalue weighted by atomic mass is 9.80. The van der Waals surface area contributed by atoms with E-state index in [-0.39, 0.29) is 6.10 Å². The summed E-state index contributed by atoms with van der Waals surface area (Å²) in [6.45, 7) is 11.7. The minimum atomic E-state index is -0.0773. The second-order valence-electron chi connectivity index (χ2n) is 7.57. The molecule has 0 aromatic rings. The summed E-state index contributed by atoms with van der Waals surface area (Å²) in [5.41, 5.74) is 0.415. The molecule has 4 unspecified atom stereocenters. The zero-order valence-corrected chi connectivity index (χ0v) is 12.7. The van der Waals surface area contributed by atoms with Crippen molar-refractivity contribution >= 4 is 0 Å². The highest BCUT2D eigenvalue weighted by Crippen LogP contribution is 2.38. The van der Waals surface area contributed by atoms with Crippen molar-refractivity contribution in [2.24, 2.45) is 17.3 Å². The molecule has 0 aromatic carbocycles. The topological polar surface area (TPSA) is 23.5 Å². The van der Waals surface area contributed by atoms with Crippen LogP contribution >= 0.6 is 0 Å². The average molecular weight is 253 g/mol. The van der Waals surface area contributed by atoms with Gasteiger partial charge in [0.15, 0.2) is 0 Å². The van der Waals surface area contributed by atoms with Crippen molar-refractivity contribution in [2.75, 3.05) is 13.1 Å². The summed E-state index contributed by atoms with van der Waals surface area (Å²) in [6.07, 6.45) is 5.97. The van der Waals surface area contributed by atoms with Gasteiger partial charge in [0, 0.05) is 12.6 Å². The number of aliphatic hydroxyl groups excluding tert-OH is 1. The van der Waals surface area contributed by atoms with Crippen LogP contribution in [0.15, 0.2) is 0 Å². The zero-order chi connectivity index (χ0) is 13.3. The first-order chi connectivity index (χ1) is 8.41. The van der Waals surface area contributed by atoms with Crippen LogP contribution in [0.1, 0.15) is 59.8 Å². The Labute approximate surface area is 113 Å². The maximum Gasteiger partial charge on any atom is 0.0695 e. The van der Waals surface area contributed by atoms with Crippen LogP contribution in [0.25, 0.3) is 0 Å². The molecule has 2 fully saturated rings. The Balaban J connectivity index is 1.95. The van der Waals surface area contributed by atoms with Gasteiger partial charge in [-0.3, -0.25) is 4.90 Å². The highest BCUT2D eigenvalue weighted by Gasteiger charge is 2.39. The second kappa shape index (κ2) is 5.50. The Morgan fingerprint density at radius 1 is 1.17 bits per heavy atom. The van der Waals surface area contributed by atoms with Crippen molar-refractivity contribution in [1.82, 2.24) is 4.90 Å². The average Bonchev–Trinajstić information content (AvgIpc) is 2.78. The molecule has 0 aromatic heterocycles. The van der Waals surface area contributed by atoms with E-state index in [1.54, 1.807) is 0 Å². The molecule has 0 spiro atoms. The van der Waals surface area contributed by atoms with E-state index in [0.717, 1.165) is 18.3 Å². The van der Waals surface area contributed by atoms with Crippen molar-refractivity contribution in [2.45, 2.75) is 71.9 Å². The van der Waals surface area contributed by atoms with Crippen LogP contribution in [-0.2, 0) is 0 Å². The molecule has 18 heavy (non-hydrogen) atoms. The zero-order valence-electron chi connectivity index (χ0n) is 12.7. The first-order valence-electron chi connectivity index (χ1n) is 7.84. The van der Waals surface area contributed by atoms with E-state index < -0.39 is 0 Å². The van der Waals surface area contributed by atoms with Crippen LogP contribution < -0.4 is 0 Å². The molecule has 2 aliphatic rings. The van der Waals surface area contributed by atoms with Gasteiger partial charge in [-0.05, 0) is 49.5 Å². The van der Waals surface area contributed by atoms with Crippen molar-refractivity contribution in [3.63, 3.8) is 0 Å². The Morgan fingerprint density at radius 2 is 1.89 bits per heavy atom. The predicted octanol–water partition coefficient (Wildman–Crippen LogP) is 3.29. The van der Waals surface area contributed by atoms with Crippen LogP contribution in [0, 0.1) is 17.3 Å². The van der Waals surface area contributed by atoms with E-state index in [2.05, 4.69) is 32.6 Å². The number of hydrogen-bond donors (Lipinski definition) is 1. The van der Waals surface area contributed by atoms with E-state index in [1.165, 1.54) is 38.8 Å². The van der Waals surface area contributed by atoms with Crippen LogP contribution in [0.5, 0.6) is 0 Å². The van der Waals surface area contributed by atoms with E-state index >= 15 is 0 Å². The molecule has 106 valence electrons. The third kappa shape index (κ3) is 3.08. The Morgan fingerprint density at radius 3 is 2.44 bits per heavy atom. The van der Waals surface area contributed by atoms with Gasteiger partial charge in [-0.1, -0.05) is 34.1 Å². The SMILES string of the molecule is CCC1CCC(O)C(N2CCC(C(C)(C)C)C2)C1. The number of nitrogens with zero attached hydrogens (tertiary/aromatic N) is 1. The molecule has 1 aliphatic carbocycles. The molecule has 4 atom stereocenters. The molecule has 2 rings (SSSR count). The van der Waals surface area contributed by atoms with Gasteiger partial charge >= 0.3 is 0 Å². The van der Waals surface area contributed by atoms with Crippen LogP contribution in [-0.4, -0.2) is 35.2 Å². The van der Waals surface area contributed by atoms with Gasteiger partial charge in [-0.25, -0.2) is 0 Å². The highest BCUT2D eigenvalue weighted by atomic mass is 16.3. The molecule has 1 heterocycles. The van der Waals surface area contributed by atoms with Gasteiger partial charge in [0.05, 0.1) is 6.10 Å². The molecule has 1 aliphatic heterocycles. The summed E-state index contributed by atoms with van der Waals surface area (Å²) in [5.74, 6) is 1.64. The highest BCUT2D eigenvalue weighted by molar-refractivity contribution is 4.92. The van der Waals surface area contributed by atoms with Gasteiger partial charge in [-0.2, -0.15) is 0 Å². The molecule has 1 saturated carbocycles. The monoisotopic (exact) mass is 253 g/mol. The number of aliphatic hydroxyl groups is 1. The first-order valence-corrected chi connectivity index (χ1v) is 7.84. The molecular formula is C16H31NO. The summed E-state index contributed by atoms with van der Waals surface area (Å²) in [6, 6.07) is 0.441. The van der Waals surface area contributed by atoms with E-state index in [1.807, 2.05) is 0 Å². The van der Waals surface area contributed by atoms with Crippen molar-refractivity contribution < 1.29 is 5.11 Å². The van der Waals surface area contributed by atoms with Gasteiger partial charge in [0.25, 0.3) is 0 Å². The fourth-order valence-electron chi connectivity index (χ4n) is 3.77. The smallest absolute Gasteiger partial charge is 0.0695 e. The third-order valence-corrected chi connectivity index (χ3v) is 5.38. The molecule has 2 heteroatoms. The maximum absolute atomic E-state index is 10.3. The molecule has 0 bridgehead atoms. The minimum Gasteiger partial charge on any atom is -0.391 e. The van der Waals surface area contributed by atoms with E-state index in [9.17, 15) is 5.11 Å². The lowest BCUT2D eigenvalue weighted by Crippen LogP contribution is -2.46. The molecule has 0 radical (unpaired) electrons. The van der Waals surface area contributed by atoms with Gasteiger partial charge < -0.3 is 5.11 Å². The van der Waals surface area contributed by atoms with Gasteiger partial charge in [0.2, 0.25) is 0 Å². The third-order valence-electron chi connectivity index (χ3n) is 5.38. The predicted molar refractivity (Wildman–Crippen MR) is 76.6 cm³/mol. The van der Waals surface area contributed by atoms with Gasteiger partial charge in [-0.15, -0.1) is 0 Å². The Hall–Kier alpha value is -0.0800. The summed E-state index contributed by atoms with van der Waals surface area (Å²) in [7, 11) is 0. The summed E-state index contributed by atoms with van der Waals surface area (Å²) in [4.78, 5) is 2.59. The molecule has 1 N–H and O–H groups in total. The summed E-state index contributed by atoms with van der Waals surface area (Å²) < 4.78 is 0. The molecule has 0 amide bonds. The van der Waals surface area contributed by atoms with Crippen LogP contribution in [0.4, 0.5) is 0 Å². The lowest BCUT2D eigenvalue weighted by molar-refractivity contribution is 0.00883. The summed E-state index contributed by atoms with van der Waals surface area (Å²) in [5, 5.41) is 10.3. The minimum absolute atomic E-state index is 0.0773. The number of hydrogen-bond acceptors (Lipinski definition) is 2. The molecular weight excluding hydrogens is 222 g/mol. The fraction of sp³-hybridized carbons (Fsp3) is 1.00. The van der Waals surface area contributed by atoms with Gasteiger partial charge in [0.1, 0.15) is 0 Å². The summed E-state index contributed by atoms with van der Waals surface area (Å²) >= 11 is 0. The second-order valence-corrected chi connectivity index (χ2v) is 7.57. The van der Waals surface area contributed by atoms with Crippen LogP contribution in [0.3, 0.4) is 0 Å². The fourth-order valence-corrected chi connectivity index (χ4v) is 3.77. The molecule has 2 nitrogen and oxygen atoms in total.